The van der Waals surface area contributed by atoms with E-state index in [1.54, 1.807) is 0 Å². The molecular formula is C13H24N2S. The van der Waals surface area contributed by atoms with Crippen LogP contribution < -0.4 is 5.32 Å². The highest BCUT2D eigenvalue weighted by Gasteiger charge is 2.39. The highest BCUT2D eigenvalue weighted by Crippen LogP contribution is 2.37. The number of hydrogen-bond donors (Lipinski definition) is 1. The zero-order valence-corrected chi connectivity index (χ0v) is 11.4. The Morgan fingerprint density at radius 2 is 2.00 bits per heavy atom. The Morgan fingerprint density at radius 1 is 1.31 bits per heavy atom. The first kappa shape index (κ1) is 12.3. The van der Waals surface area contributed by atoms with Gasteiger partial charge in [-0.2, -0.15) is 0 Å². The summed E-state index contributed by atoms with van der Waals surface area (Å²) in [4.78, 5) is 4.75. The van der Waals surface area contributed by atoms with Gasteiger partial charge in [-0.25, -0.2) is 0 Å². The van der Waals surface area contributed by atoms with E-state index in [1.165, 1.54) is 49.4 Å². The Hall–Kier alpha value is -0.180. The molecule has 1 aliphatic heterocycles. The van der Waals surface area contributed by atoms with Gasteiger partial charge in [-0.15, -0.1) is 0 Å². The second-order valence-corrected chi connectivity index (χ2v) is 6.19. The molecule has 1 saturated heterocycles. The first-order valence-corrected chi connectivity index (χ1v) is 7.72. The number of nitrogens with one attached hydrogen (secondary N) is 1. The Bertz CT molecular complexity index is 253. The molecule has 0 aromatic heterocycles. The average molecular weight is 240 g/mol. The van der Waals surface area contributed by atoms with Gasteiger partial charge in [0.25, 0.3) is 0 Å². The number of thioether (sulfide) groups is 1. The summed E-state index contributed by atoms with van der Waals surface area (Å²) in [5.74, 6) is 2.02. The zero-order valence-electron chi connectivity index (χ0n) is 10.6. The van der Waals surface area contributed by atoms with Gasteiger partial charge in [0.2, 0.25) is 0 Å². The number of aliphatic imine (C=N–C) groups is 1. The largest absolute Gasteiger partial charge is 0.359 e. The van der Waals surface area contributed by atoms with Gasteiger partial charge in [-0.3, -0.25) is 4.99 Å². The Balaban J connectivity index is 1.85. The molecule has 0 aromatic rings. The van der Waals surface area contributed by atoms with Crippen molar-refractivity contribution in [1.82, 2.24) is 5.32 Å². The third-order valence-electron chi connectivity index (χ3n) is 4.07. The fourth-order valence-corrected chi connectivity index (χ4v) is 3.90. The van der Waals surface area contributed by atoms with Gasteiger partial charge >= 0.3 is 0 Å². The third-order valence-corrected chi connectivity index (χ3v) is 5.27. The van der Waals surface area contributed by atoms with E-state index in [1.807, 2.05) is 11.8 Å². The number of rotatable bonds is 4. The van der Waals surface area contributed by atoms with Crippen LogP contribution in [-0.2, 0) is 0 Å². The van der Waals surface area contributed by atoms with Gasteiger partial charge in [0.05, 0.1) is 0 Å². The maximum atomic E-state index is 4.75. The van der Waals surface area contributed by atoms with Crippen LogP contribution in [0.25, 0.3) is 0 Å². The maximum absolute atomic E-state index is 4.75. The third kappa shape index (κ3) is 2.73. The summed E-state index contributed by atoms with van der Waals surface area (Å²) < 4.78 is 0. The van der Waals surface area contributed by atoms with Crippen LogP contribution in [0.15, 0.2) is 4.99 Å². The minimum Gasteiger partial charge on any atom is -0.359 e. The van der Waals surface area contributed by atoms with Crippen molar-refractivity contribution in [2.45, 2.75) is 57.9 Å². The summed E-state index contributed by atoms with van der Waals surface area (Å²) in [5.41, 5.74) is 0.428. The lowest BCUT2D eigenvalue weighted by atomic mass is 10.0. The van der Waals surface area contributed by atoms with Gasteiger partial charge in [-0.1, -0.05) is 51.3 Å². The van der Waals surface area contributed by atoms with Crippen molar-refractivity contribution in [3.05, 3.63) is 0 Å². The molecule has 2 rings (SSSR count). The number of hydrogen-bond acceptors (Lipinski definition) is 2. The molecule has 1 N–H and O–H groups in total. The molecule has 0 amide bonds. The van der Waals surface area contributed by atoms with E-state index >= 15 is 0 Å². The van der Waals surface area contributed by atoms with Crippen molar-refractivity contribution in [2.24, 2.45) is 10.9 Å². The topological polar surface area (TPSA) is 24.4 Å². The van der Waals surface area contributed by atoms with Crippen LogP contribution in [0, 0.1) is 5.92 Å². The summed E-state index contributed by atoms with van der Waals surface area (Å²) in [6, 6.07) is 0. The number of nitrogens with zero attached hydrogens (tertiary/aromatic N) is 1. The SMILES string of the molecule is CCC(CC)CN=C1NC2(CCCC2)CS1. The van der Waals surface area contributed by atoms with Crippen molar-refractivity contribution in [3.63, 3.8) is 0 Å². The second-order valence-electron chi connectivity index (χ2n) is 5.23. The van der Waals surface area contributed by atoms with Gasteiger partial charge in [0, 0.05) is 17.8 Å². The summed E-state index contributed by atoms with van der Waals surface area (Å²) in [7, 11) is 0. The molecule has 3 heteroatoms. The summed E-state index contributed by atoms with van der Waals surface area (Å²) >= 11 is 1.94. The van der Waals surface area contributed by atoms with Crippen LogP contribution in [0.4, 0.5) is 0 Å². The van der Waals surface area contributed by atoms with Crippen LogP contribution in [0.3, 0.4) is 0 Å². The lowest BCUT2D eigenvalue weighted by Gasteiger charge is -2.21. The van der Waals surface area contributed by atoms with Gasteiger partial charge in [0.15, 0.2) is 5.17 Å². The van der Waals surface area contributed by atoms with Crippen molar-refractivity contribution in [2.75, 3.05) is 12.3 Å². The predicted molar refractivity (Wildman–Crippen MR) is 73.2 cm³/mol. The van der Waals surface area contributed by atoms with Crippen molar-refractivity contribution >= 4 is 16.9 Å². The number of amidine groups is 1. The molecule has 0 bridgehead atoms. The molecule has 1 aliphatic carbocycles. The molecule has 16 heavy (non-hydrogen) atoms. The summed E-state index contributed by atoms with van der Waals surface area (Å²) in [6.45, 7) is 5.54. The standard InChI is InChI=1S/C13H24N2S/c1-3-11(4-2)9-14-12-15-13(10-16-12)7-5-6-8-13/h11H,3-10H2,1-2H3,(H,14,15). The monoisotopic (exact) mass is 240 g/mol. The van der Waals surface area contributed by atoms with Crippen molar-refractivity contribution in [3.8, 4) is 0 Å². The molecule has 92 valence electrons. The highest BCUT2D eigenvalue weighted by atomic mass is 32.2. The smallest absolute Gasteiger partial charge is 0.157 e. The van der Waals surface area contributed by atoms with Crippen LogP contribution in [0.1, 0.15) is 52.4 Å². The highest BCUT2D eigenvalue weighted by molar-refractivity contribution is 8.14. The minimum absolute atomic E-state index is 0.428. The Labute approximate surface area is 104 Å². The Morgan fingerprint density at radius 3 is 2.62 bits per heavy atom. The van der Waals surface area contributed by atoms with Crippen LogP contribution in [-0.4, -0.2) is 23.0 Å². The first-order valence-electron chi connectivity index (χ1n) is 6.73. The second kappa shape index (κ2) is 5.44. The lowest BCUT2D eigenvalue weighted by molar-refractivity contribution is 0.450. The molecule has 1 spiro atoms. The lowest BCUT2D eigenvalue weighted by Crippen LogP contribution is -2.40. The summed E-state index contributed by atoms with van der Waals surface area (Å²) in [6.07, 6.45) is 8.00. The minimum atomic E-state index is 0.428. The maximum Gasteiger partial charge on any atom is 0.157 e. The van der Waals surface area contributed by atoms with Crippen LogP contribution >= 0.6 is 11.8 Å². The van der Waals surface area contributed by atoms with E-state index in [2.05, 4.69) is 19.2 Å². The van der Waals surface area contributed by atoms with Crippen molar-refractivity contribution < 1.29 is 0 Å². The molecule has 0 aromatic carbocycles. The predicted octanol–water partition coefficient (Wildman–Crippen LogP) is 3.43. The quantitative estimate of drug-likeness (QED) is 0.814. The van der Waals surface area contributed by atoms with E-state index in [4.69, 9.17) is 4.99 Å². The molecule has 2 fully saturated rings. The van der Waals surface area contributed by atoms with E-state index in [9.17, 15) is 0 Å². The molecule has 1 saturated carbocycles. The first-order chi connectivity index (χ1) is 7.78. The average Bonchev–Trinajstić information content (AvgIpc) is 2.92. The normalized spacial score (nSPS) is 25.8. The van der Waals surface area contributed by atoms with Gasteiger partial charge < -0.3 is 5.32 Å². The Kier molecular flexibility index (Phi) is 4.17. The summed E-state index contributed by atoms with van der Waals surface area (Å²) in [5, 5.41) is 4.90. The molecular weight excluding hydrogens is 216 g/mol. The van der Waals surface area contributed by atoms with Crippen LogP contribution in [0.5, 0.6) is 0 Å². The van der Waals surface area contributed by atoms with E-state index < -0.39 is 0 Å². The molecule has 2 aliphatic rings. The van der Waals surface area contributed by atoms with E-state index in [0.29, 0.717) is 5.54 Å². The fraction of sp³-hybridized carbons (Fsp3) is 0.923. The van der Waals surface area contributed by atoms with Gasteiger partial charge in [-0.05, 0) is 18.8 Å². The zero-order chi connectivity index (χ0) is 11.4. The molecule has 2 nitrogen and oxygen atoms in total. The molecule has 0 atom stereocenters. The fourth-order valence-electron chi connectivity index (χ4n) is 2.67. The van der Waals surface area contributed by atoms with Crippen molar-refractivity contribution in [1.29, 1.82) is 0 Å². The molecule has 0 radical (unpaired) electrons. The van der Waals surface area contributed by atoms with E-state index in [-0.39, 0.29) is 0 Å². The van der Waals surface area contributed by atoms with E-state index in [0.717, 1.165) is 12.5 Å². The van der Waals surface area contributed by atoms with Crippen LogP contribution in [0.2, 0.25) is 0 Å². The molecule has 1 heterocycles. The van der Waals surface area contributed by atoms with Gasteiger partial charge in [0.1, 0.15) is 0 Å². The molecule has 0 unspecified atom stereocenters.